The van der Waals surface area contributed by atoms with Gasteiger partial charge < -0.3 is 10.0 Å². The van der Waals surface area contributed by atoms with Crippen LogP contribution in [0.3, 0.4) is 0 Å². The Balaban J connectivity index is 1.76. The third-order valence-corrected chi connectivity index (χ3v) is 4.86. The Labute approximate surface area is 144 Å². The summed E-state index contributed by atoms with van der Waals surface area (Å²) in [5, 5.41) is 14.1. The number of carbonyl (C=O) groups is 1. The molecule has 1 aromatic heterocycles. The van der Waals surface area contributed by atoms with Crippen molar-refractivity contribution in [2.24, 2.45) is 7.05 Å². The lowest BCUT2D eigenvalue weighted by Gasteiger charge is -2.25. The van der Waals surface area contributed by atoms with E-state index in [0.29, 0.717) is 6.42 Å². The van der Waals surface area contributed by atoms with Crippen LogP contribution in [0.4, 0.5) is 8.78 Å². The van der Waals surface area contributed by atoms with E-state index in [0.717, 1.165) is 29.5 Å². The first-order valence-electron chi connectivity index (χ1n) is 8.26. The Morgan fingerprint density at radius 3 is 2.84 bits per heavy atom. The molecule has 1 aliphatic rings. The molecule has 0 unspecified atom stereocenters. The van der Waals surface area contributed by atoms with Crippen LogP contribution >= 0.6 is 0 Å². The third-order valence-electron chi connectivity index (χ3n) is 4.86. The number of amides is 1. The number of hydrogen-bond donors (Lipinski definition) is 1. The van der Waals surface area contributed by atoms with Crippen LogP contribution in [0.15, 0.2) is 24.4 Å². The summed E-state index contributed by atoms with van der Waals surface area (Å²) in [6.07, 6.45) is 1.94. The minimum absolute atomic E-state index is 0.113. The number of hydrogen-bond acceptors (Lipinski definition) is 3. The predicted octanol–water partition coefficient (Wildman–Crippen LogP) is 2.27. The van der Waals surface area contributed by atoms with E-state index in [1.807, 2.05) is 14.0 Å². The van der Waals surface area contributed by atoms with Crippen molar-refractivity contribution in [2.75, 3.05) is 6.54 Å². The second-order valence-electron chi connectivity index (χ2n) is 6.50. The van der Waals surface area contributed by atoms with Gasteiger partial charge in [0, 0.05) is 31.3 Å². The minimum Gasteiger partial charge on any atom is -0.391 e. The summed E-state index contributed by atoms with van der Waals surface area (Å²) < 4.78 is 29.3. The molecule has 1 aliphatic heterocycles. The molecule has 7 heteroatoms. The summed E-state index contributed by atoms with van der Waals surface area (Å²) >= 11 is 0. The lowest BCUT2D eigenvalue weighted by molar-refractivity contribution is -0.132. The molecule has 1 aromatic carbocycles. The molecule has 3 rings (SSSR count). The number of aliphatic hydroxyl groups excluding tert-OH is 1. The summed E-state index contributed by atoms with van der Waals surface area (Å²) in [6, 6.07) is 2.55. The van der Waals surface area contributed by atoms with Crippen LogP contribution in [0.25, 0.3) is 0 Å². The molecule has 2 atom stereocenters. The maximum absolute atomic E-state index is 14.1. The molecule has 1 N–H and O–H groups in total. The molecule has 5 nitrogen and oxygen atoms in total. The molecular formula is C18H21F2N3O2. The number of carbonyl (C=O) groups excluding carboxylic acids is 1. The highest BCUT2D eigenvalue weighted by molar-refractivity contribution is 5.77. The second-order valence-corrected chi connectivity index (χ2v) is 6.50. The monoisotopic (exact) mass is 349 g/mol. The van der Waals surface area contributed by atoms with E-state index in [-0.39, 0.29) is 30.9 Å². The van der Waals surface area contributed by atoms with E-state index in [1.165, 1.54) is 4.90 Å². The molecule has 0 aliphatic carbocycles. The number of halogens is 2. The van der Waals surface area contributed by atoms with Crippen molar-refractivity contribution in [3.63, 3.8) is 0 Å². The van der Waals surface area contributed by atoms with Gasteiger partial charge in [-0.25, -0.2) is 8.78 Å². The number of nitrogens with zero attached hydrogens (tertiary/aromatic N) is 3. The number of benzene rings is 1. The number of aromatic nitrogens is 2. The lowest BCUT2D eigenvalue weighted by atomic mass is 10.0. The van der Waals surface area contributed by atoms with E-state index < -0.39 is 23.8 Å². The van der Waals surface area contributed by atoms with Crippen molar-refractivity contribution in [1.29, 1.82) is 0 Å². The molecule has 0 bridgehead atoms. The number of likely N-dealkylation sites (tertiary alicyclic amines) is 1. The van der Waals surface area contributed by atoms with E-state index in [4.69, 9.17) is 0 Å². The van der Waals surface area contributed by atoms with Crippen LogP contribution in [0.5, 0.6) is 0 Å². The first kappa shape index (κ1) is 17.5. The van der Waals surface area contributed by atoms with Crippen LogP contribution in [-0.4, -0.2) is 38.3 Å². The topological polar surface area (TPSA) is 58.4 Å². The van der Waals surface area contributed by atoms with Gasteiger partial charge in [-0.2, -0.15) is 5.10 Å². The average Bonchev–Trinajstić information content (AvgIpc) is 3.11. The largest absolute Gasteiger partial charge is 0.391 e. The second kappa shape index (κ2) is 6.92. The van der Waals surface area contributed by atoms with Crippen molar-refractivity contribution in [1.82, 2.24) is 14.7 Å². The highest BCUT2D eigenvalue weighted by atomic mass is 19.1. The van der Waals surface area contributed by atoms with Crippen LogP contribution in [0, 0.1) is 18.6 Å². The first-order chi connectivity index (χ1) is 11.9. The quantitative estimate of drug-likeness (QED) is 0.921. The summed E-state index contributed by atoms with van der Waals surface area (Å²) in [4.78, 5) is 14.1. The van der Waals surface area contributed by atoms with Crippen molar-refractivity contribution in [3.8, 4) is 0 Å². The lowest BCUT2D eigenvalue weighted by Crippen LogP contribution is -2.32. The van der Waals surface area contributed by atoms with E-state index in [9.17, 15) is 18.7 Å². The molecule has 2 aromatic rings. The van der Waals surface area contributed by atoms with Gasteiger partial charge >= 0.3 is 0 Å². The zero-order chi connectivity index (χ0) is 18.1. The van der Waals surface area contributed by atoms with Gasteiger partial charge in [0.25, 0.3) is 0 Å². The Bertz CT molecular complexity index is 791. The number of aryl methyl sites for hydroxylation is 2. The Hall–Kier alpha value is -2.28. The summed E-state index contributed by atoms with van der Waals surface area (Å²) in [5.74, 6) is -1.31. The van der Waals surface area contributed by atoms with Gasteiger partial charge in [0.2, 0.25) is 5.91 Å². The molecule has 0 saturated carbocycles. The maximum Gasteiger partial charge on any atom is 0.223 e. The number of aliphatic hydroxyl groups is 1. The summed E-state index contributed by atoms with van der Waals surface area (Å²) in [7, 11) is 1.83. The van der Waals surface area contributed by atoms with Crippen LogP contribution in [-0.2, 0) is 18.3 Å². The van der Waals surface area contributed by atoms with Gasteiger partial charge in [-0.05, 0) is 43.5 Å². The van der Waals surface area contributed by atoms with Gasteiger partial charge in [0.1, 0.15) is 11.6 Å². The molecular weight excluding hydrogens is 328 g/mol. The number of rotatable bonds is 4. The highest BCUT2D eigenvalue weighted by Gasteiger charge is 2.36. The van der Waals surface area contributed by atoms with Crippen LogP contribution < -0.4 is 0 Å². The standard InChI is InChI=1S/C18H21F2N3O2/c1-11-12(9-21-22(11)2)3-6-18(25)23-10-14(24)8-17(23)15-7-13(19)4-5-16(15)20/h4-5,7,9,14,17,24H,3,6,8,10H2,1-2H3/t14-,17-/m1/s1. The van der Waals surface area contributed by atoms with Crippen molar-refractivity contribution in [3.05, 3.63) is 52.9 Å². The Morgan fingerprint density at radius 1 is 1.40 bits per heavy atom. The predicted molar refractivity (Wildman–Crippen MR) is 87.7 cm³/mol. The molecule has 1 saturated heterocycles. The maximum atomic E-state index is 14.1. The smallest absolute Gasteiger partial charge is 0.223 e. The first-order valence-corrected chi connectivity index (χ1v) is 8.26. The fourth-order valence-electron chi connectivity index (χ4n) is 3.33. The van der Waals surface area contributed by atoms with Gasteiger partial charge in [-0.1, -0.05) is 0 Å². The van der Waals surface area contributed by atoms with Crippen LogP contribution in [0.1, 0.15) is 35.7 Å². The van der Waals surface area contributed by atoms with Crippen LogP contribution in [0.2, 0.25) is 0 Å². The summed E-state index contributed by atoms with van der Waals surface area (Å²) in [6.45, 7) is 2.06. The normalized spacial score (nSPS) is 20.3. The third kappa shape index (κ3) is 3.56. The van der Waals surface area contributed by atoms with Gasteiger partial charge in [-0.15, -0.1) is 0 Å². The van der Waals surface area contributed by atoms with E-state index >= 15 is 0 Å². The fourth-order valence-corrected chi connectivity index (χ4v) is 3.33. The number of β-amino-alcohol motifs (C(OH)–C–C–N with tert-alkyl or cyclic N) is 1. The van der Waals surface area contributed by atoms with Gasteiger partial charge in [-0.3, -0.25) is 9.48 Å². The molecule has 134 valence electrons. The van der Waals surface area contributed by atoms with E-state index in [2.05, 4.69) is 5.10 Å². The average molecular weight is 349 g/mol. The minimum atomic E-state index is -0.739. The van der Waals surface area contributed by atoms with E-state index in [1.54, 1.807) is 10.9 Å². The van der Waals surface area contributed by atoms with Gasteiger partial charge in [0.05, 0.1) is 18.3 Å². The Morgan fingerprint density at radius 2 is 2.16 bits per heavy atom. The zero-order valence-corrected chi connectivity index (χ0v) is 14.2. The molecule has 1 amide bonds. The van der Waals surface area contributed by atoms with Crippen molar-refractivity contribution in [2.45, 2.75) is 38.3 Å². The van der Waals surface area contributed by atoms with Crippen molar-refractivity contribution < 1.29 is 18.7 Å². The molecule has 0 spiro atoms. The molecule has 0 radical (unpaired) electrons. The zero-order valence-electron chi connectivity index (χ0n) is 14.2. The Kier molecular flexibility index (Phi) is 4.85. The SMILES string of the molecule is Cc1c(CCC(=O)N2C[C@H](O)C[C@@H]2c2cc(F)ccc2F)cnn1C. The summed E-state index contributed by atoms with van der Waals surface area (Å²) in [5.41, 5.74) is 2.08. The fraction of sp³-hybridized carbons (Fsp3) is 0.444. The van der Waals surface area contributed by atoms with Crippen molar-refractivity contribution >= 4 is 5.91 Å². The molecule has 1 fully saturated rings. The van der Waals surface area contributed by atoms with Gasteiger partial charge in [0.15, 0.2) is 0 Å². The highest BCUT2D eigenvalue weighted by Crippen LogP contribution is 2.34. The molecule has 25 heavy (non-hydrogen) atoms. The molecule has 2 heterocycles.